The second kappa shape index (κ2) is 11.3. The molecule has 0 aliphatic rings. The van der Waals surface area contributed by atoms with E-state index in [1.807, 2.05) is 0 Å². The maximum Gasteiger partial charge on any atom is 0.411 e. The van der Waals surface area contributed by atoms with Crippen molar-refractivity contribution in [2.24, 2.45) is 5.14 Å². The van der Waals surface area contributed by atoms with E-state index >= 15 is 0 Å². The first-order valence-electron chi connectivity index (χ1n) is 11.3. The average Bonchev–Trinajstić information content (AvgIpc) is 3.31. The van der Waals surface area contributed by atoms with Gasteiger partial charge in [0.25, 0.3) is 15.9 Å². The number of ether oxygens (including phenoxy) is 2. The Bertz CT molecular complexity index is 1740. The van der Waals surface area contributed by atoms with Crippen LogP contribution in [-0.2, 0) is 24.8 Å². The quantitative estimate of drug-likeness (QED) is 0.261. The summed E-state index contributed by atoms with van der Waals surface area (Å²) in [6.07, 6.45) is -4.52. The Morgan fingerprint density at radius 1 is 0.900 bits per heavy atom. The largest absolute Gasteiger partial charge is 0.490 e. The van der Waals surface area contributed by atoms with E-state index in [1.165, 1.54) is 30.3 Å². The summed E-state index contributed by atoms with van der Waals surface area (Å²) < 4.78 is 104. The highest BCUT2D eigenvalue weighted by atomic mass is 32.2. The van der Waals surface area contributed by atoms with Crippen LogP contribution in [0.25, 0.3) is 22.3 Å². The Balaban J connectivity index is 1.63. The molecule has 3 aromatic carbocycles. The van der Waals surface area contributed by atoms with Crippen LogP contribution in [0, 0.1) is 0 Å². The zero-order valence-corrected chi connectivity index (χ0v) is 22.0. The zero-order chi connectivity index (χ0) is 29.1. The summed E-state index contributed by atoms with van der Waals surface area (Å²) in [5.41, 5.74) is 0.645. The number of furan rings is 1. The molecule has 1 amide bonds. The maximum absolute atomic E-state index is 12.9. The first kappa shape index (κ1) is 29.1. The van der Waals surface area contributed by atoms with Gasteiger partial charge < -0.3 is 13.9 Å². The van der Waals surface area contributed by atoms with Gasteiger partial charge in [-0.15, -0.1) is 0 Å². The molecule has 0 aliphatic heterocycles. The van der Waals surface area contributed by atoms with Crippen molar-refractivity contribution in [2.75, 3.05) is 19.8 Å². The third-order valence-electron chi connectivity index (χ3n) is 5.36. The summed E-state index contributed by atoms with van der Waals surface area (Å²) in [6.45, 7) is -2.25. The number of primary sulfonamides is 1. The molecular weight excluding hydrogens is 577 g/mol. The van der Waals surface area contributed by atoms with Crippen molar-refractivity contribution in [3.63, 3.8) is 0 Å². The summed E-state index contributed by atoms with van der Waals surface area (Å²) in [7, 11) is -9.14. The van der Waals surface area contributed by atoms with Crippen LogP contribution in [0.4, 0.5) is 13.2 Å². The number of hydrogen-bond donors (Lipinski definition) is 2. The van der Waals surface area contributed by atoms with Crippen LogP contribution in [0.15, 0.2) is 87.0 Å². The van der Waals surface area contributed by atoms with Crippen LogP contribution in [-0.4, -0.2) is 48.7 Å². The Morgan fingerprint density at radius 3 is 2.25 bits per heavy atom. The van der Waals surface area contributed by atoms with Gasteiger partial charge in [-0.2, -0.15) is 13.2 Å². The predicted octanol–water partition coefficient (Wildman–Crippen LogP) is 3.82. The van der Waals surface area contributed by atoms with Crippen LogP contribution in [0.1, 0.15) is 10.4 Å². The van der Waals surface area contributed by atoms with Gasteiger partial charge in [0.1, 0.15) is 40.1 Å². The predicted molar refractivity (Wildman–Crippen MR) is 136 cm³/mol. The summed E-state index contributed by atoms with van der Waals surface area (Å²) >= 11 is 0. The van der Waals surface area contributed by atoms with Gasteiger partial charge in [-0.25, -0.2) is 26.7 Å². The molecule has 15 heteroatoms. The Labute approximate surface area is 226 Å². The van der Waals surface area contributed by atoms with Crippen LogP contribution >= 0.6 is 0 Å². The van der Waals surface area contributed by atoms with E-state index in [0.29, 0.717) is 16.9 Å². The lowest BCUT2D eigenvalue weighted by atomic mass is 10.1. The third kappa shape index (κ3) is 6.98. The Morgan fingerprint density at radius 2 is 1.57 bits per heavy atom. The minimum atomic E-state index is -4.70. The molecule has 0 spiro atoms. The van der Waals surface area contributed by atoms with E-state index < -0.39 is 55.1 Å². The average molecular weight is 599 g/mol. The molecule has 4 aromatic rings. The number of sulfonamides is 2. The minimum absolute atomic E-state index is 0.00958. The lowest BCUT2D eigenvalue weighted by Gasteiger charge is -2.14. The van der Waals surface area contributed by atoms with Gasteiger partial charge in [-0.1, -0.05) is 30.3 Å². The summed E-state index contributed by atoms with van der Waals surface area (Å²) in [6, 6.07) is 17.0. The molecule has 0 bridgehead atoms. The first-order valence-corrected chi connectivity index (χ1v) is 14.4. The number of carbonyl (C=O) groups is 1. The van der Waals surface area contributed by atoms with Crippen molar-refractivity contribution in [3.8, 4) is 17.1 Å². The topological polar surface area (TPSA) is 155 Å². The molecule has 0 atom stereocenters. The van der Waals surface area contributed by atoms with Crippen LogP contribution in [0.5, 0.6) is 5.75 Å². The molecule has 0 aliphatic carbocycles. The van der Waals surface area contributed by atoms with Gasteiger partial charge in [0.15, 0.2) is 0 Å². The standard InChI is InChI=1S/C25H21F3N2O8S2/c26-25(27,28)15-36-11-12-37-20-14-17(9-10-18(20)21-13-16-5-1-2-6-19(16)38-21)24(31)30-40(34,35)23-8-4-3-7-22(23)39(29,32)33/h1-10,13-14H,11-12,15H2,(H,30,31)(H2,29,32,33). The van der Waals surface area contributed by atoms with Gasteiger partial charge >= 0.3 is 6.18 Å². The van der Waals surface area contributed by atoms with Crippen molar-refractivity contribution in [1.29, 1.82) is 0 Å². The number of rotatable bonds is 10. The molecule has 0 radical (unpaired) electrons. The molecule has 4 rings (SSSR count). The number of fused-ring (bicyclic) bond motifs is 1. The molecule has 1 aromatic heterocycles. The van der Waals surface area contributed by atoms with Gasteiger partial charge in [-0.3, -0.25) is 4.79 Å². The molecule has 212 valence electrons. The minimum Gasteiger partial charge on any atom is -0.490 e. The molecule has 0 saturated heterocycles. The van der Waals surface area contributed by atoms with E-state index in [-0.39, 0.29) is 17.9 Å². The fraction of sp³-hybridized carbons (Fsp3) is 0.160. The van der Waals surface area contributed by atoms with E-state index in [4.69, 9.17) is 14.3 Å². The second-order valence-electron chi connectivity index (χ2n) is 8.30. The van der Waals surface area contributed by atoms with Crippen molar-refractivity contribution >= 4 is 36.9 Å². The van der Waals surface area contributed by atoms with E-state index in [9.17, 15) is 34.8 Å². The van der Waals surface area contributed by atoms with Gasteiger partial charge in [0, 0.05) is 10.9 Å². The van der Waals surface area contributed by atoms with Crippen molar-refractivity contribution in [2.45, 2.75) is 16.0 Å². The SMILES string of the molecule is NS(=O)(=O)c1ccccc1S(=O)(=O)NC(=O)c1ccc(-c2cc3ccccc3o2)c(OCCOCC(F)(F)F)c1. The summed E-state index contributed by atoms with van der Waals surface area (Å²) in [4.78, 5) is 11.5. The zero-order valence-electron chi connectivity index (χ0n) is 20.3. The highest BCUT2D eigenvalue weighted by molar-refractivity contribution is 7.92. The summed E-state index contributed by atoms with van der Waals surface area (Å²) in [5.74, 6) is -0.836. The normalized spacial score (nSPS) is 12.4. The van der Waals surface area contributed by atoms with Crippen LogP contribution in [0.3, 0.4) is 0 Å². The number of alkyl halides is 3. The molecule has 10 nitrogen and oxygen atoms in total. The van der Waals surface area contributed by atoms with Gasteiger partial charge in [0.05, 0.1) is 12.2 Å². The molecule has 0 fully saturated rings. The lowest BCUT2D eigenvalue weighted by Crippen LogP contribution is -2.32. The number of para-hydroxylation sites is 1. The highest BCUT2D eigenvalue weighted by Gasteiger charge is 2.28. The molecule has 0 saturated carbocycles. The van der Waals surface area contributed by atoms with Crippen molar-refractivity contribution < 1.29 is 48.7 Å². The van der Waals surface area contributed by atoms with Crippen molar-refractivity contribution in [3.05, 3.63) is 78.4 Å². The number of halogens is 3. The molecular formula is C25H21F3N2O8S2. The number of carbonyl (C=O) groups excluding carboxylic acids is 1. The number of nitrogens with one attached hydrogen (secondary N) is 1. The van der Waals surface area contributed by atoms with E-state index in [0.717, 1.165) is 17.5 Å². The number of nitrogens with two attached hydrogens (primary N) is 1. The number of hydrogen-bond acceptors (Lipinski definition) is 8. The van der Waals surface area contributed by atoms with Crippen LogP contribution < -0.4 is 14.6 Å². The fourth-order valence-corrected chi connectivity index (χ4v) is 6.00. The fourth-order valence-electron chi connectivity index (χ4n) is 3.64. The number of benzene rings is 3. The maximum atomic E-state index is 12.9. The number of amides is 1. The molecule has 0 unspecified atom stereocenters. The lowest BCUT2D eigenvalue weighted by molar-refractivity contribution is -0.175. The summed E-state index contributed by atoms with van der Waals surface area (Å²) in [5, 5.41) is 5.85. The van der Waals surface area contributed by atoms with Crippen molar-refractivity contribution in [1.82, 2.24) is 4.72 Å². The Hall–Kier alpha value is -3.92. The van der Waals surface area contributed by atoms with Gasteiger partial charge in [0.2, 0.25) is 10.0 Å². The smallest absolute Gasteiger partial charge is 0.411 e. The van der Waals surface area contributed by atoms with Crippen LogP contribution in [0.2, 0.25) is 0 Å². The van der Waals surface area contributed by atoms with E-state index in [1.54, 1.807) is 35.1 Å². The third-order valence-corrected chi connectivity index (χ3v) is 7.85. The first-order chi connectivity index (χ1) is 18.7. The Kier molecular flexibility index (Phi) is 8.20. The second-order valence-corrected chi connectivity index (χ2v) is 11.5. The van der Waals surface area contributed by atoms with Gasteiger partial charge in [-0.05, 0) is 42.5 Å². The monoisotopic (exact) mass is 598 g/mol. The highest BCUT2D eigenvalue weighted by Crippen LogP contribution is 2.35. The molecule has 3 N–H and O–H groups in total. The van der Waals surface area contributed by atoms with E-state index in [2.05, 4.69) is 4.74 Å². The molecule has 40 heavy (non-hydrogen) atoms. The molecule has 1 heterocycles.